The molecule has 3 rings (SSSR count). The lowest BCUT2D eigenvalue weighted by atomic mass is 10.1. The molecule has 170 valence electrons. The van der Waals surface area contributed by atoms with E-state index in [0.717, 1.165) is 11.4 Å². The normalized spacial score (nSPS) is 11.9. The van der Waals surface area contributed by atoms with Gasteiger partial charge in [-0.3, -0.25) is 4.79 Å². The highest BCUT2D eigenvalue weighted by Gasteiger charge is 2.23. The fraction of sp³-hybridized carbons (Fsp3) is 0.304. The quantitative estimate of drug-likeness (QED) is 0.568. The Hall–Kier alpha value is -3.17. The fourth-order valence-electron chi connectivity index (χ4n) is 3.08. The van der Waals surface area contributed by atoms with Crippen LogP contribution in [0.5, 0.6) is 5.75 Å². The predicted octanol–water partition coefficient (Wildman–Crippen LogP) is 3.20. The smallest absolute Gasteiger partial charge is 0.251 e. The highest BCUT2D eigenvalue weighted by atomic mass is 32.2. The zero-order chi connectivity index (χ0) is 23.5. The topological polar surface area (TPSA) is 102 Å². The van der Waals surface area contributed by atoms with Gasteiger partial charge in [0.05, 0.1) is 29.9 Å². The molecule has 1 aromatic heterocycles. The SMILES string of the molecule is COc1ccc(-n2ccc(CNC(=O)c3cc(S(=O)(=O)NC(C)(C)C)ccc3C)n2)cc1. The van der Waals surface area contributed by atoms with E-state index in [2.05, 4.69) is 15.1 Å². The van der Waals surface area contributed by atoms with Crippen LogP contribution in [-0.2, 0) is 16.6 Å². The molecule has 0 fully saturated rings. The van der Waals surface area contributed by atoms with Crippen molar-refractivity contribution in [2.75, 3.05) is 7.11 Å². The summed E-state index contributed by atoms with van der Waals surface area (Å²) in [6.07, 6.45) is 1.81. The highest BCUT2D eigenvalue weighted by Crippen LogP contribution is 2.18. The van der Waals surface area contributed by atoms with Crippen molar-refractivity contribution >= 4 is 15.9 Å². The maximum atomic E-state index is 12.8. The van der Waals surface area contributed by atoms with Crippen molar-refractivity contribution in [3.63, 3.8) is 0 Å². The Labute approximate surface area is 188 Å². The van der Waals surface area contributed by atoms with E-state index in [-0.39, 0.29) is 17.3 Å². The molecule has 0 aliphatic heterocycles. The van der Waals surface area contributed by atoms with E-state index in [0.29, 0.717) is 16.8 Å². The van der Waals surface area contributed by atoms with Crippen LogP contribution in [0.2, 0.25) is 0 Å². The summed E-state index contributed by atoms with van der Waals surface area (Å²) in [6, 6.07) is 13.8. The second-order valence-electron chi connectivity index (χ2n) is 8.46. The Morgan fingerprint density at radius 1 is 1.09 bits per heavy atom. The first-order chi connectivity index (χ1) is 15.0. The van der Waals surface area contributed by atoms with Crippen LogP contribution in [0, 0.1) is 6.92 Å². The van der Waals surface area contributed by atoms with Gasteiger partial charge < -0.3 is 10.1 Å². The number of hydrogen-bond donors (Lipinski definition) is 2. The van der Waals surface area contributed by atoms with Gasteiger partial charge >= 0.3 is 0 Å². The van der Waals surface area contributed by atoms with Gasteiger partial charge in [0.15, 0.2) is 0 Å². The van der Waals surface area contributed by atoms with Crippen molar-refractivity contribution in [1.29, 1.82) is 0 Å². The molecule has 0 atom stereocenters. The van der Waals surface area contributed by atoms with Crippen molar-refractivity contribution in [3.8, 4) is 11.4 Å². The van der Waals surface area contributed by atoms with Gasteiger partial charge in [0.1, 0.15) is 5.75 Å². The van der Waals surface area contributed by atoms with Gasteiger partial charge in [-0.1, -0.05) is 6.07 Å². The molecule has 3 aromatic rings. The van der Waals surface area contributed by atoms with Gasteiger partial charge in [-0.25, -0.2) is 17.8 Å². The first-order valence-corrected chi connectivity index (χ1v) is 11.6. The molecule has 1 heterocycles. The maximum absolute atomic E-state index is 12.8. The van der Waals surface area contributed by atoms with E-state index in [9.17, 15) is 13.2 Å². The number of amides is 1. The molecular weight excluding hydrogens is 428 g/mol. The number of nitrogens with one attached hydrogen (secondary N) is 2. The van der Waals surface area contributed by atoms with Crippen LogP contribution in [0.4, 0.5) is 0 Å². The van der Waals surface area contributed by atoms with E-state index < -0.39 is 15.6 Å². The number of rotatable bonds is 7. The van der Waals surface area contributed by atoms with Crippen LogP contribution in [0.25, 0.3) is 5.69 Å². The van der Waals surface area contributed by atoms with Crippen LogP contribution >= 0.6 is 0 Å². The van der Waals surface area contributed by atoms with Gasteiger partial charge in [0.25, 0.3) is 5.91 Å². The predicted molar refractivity (Wildman–Crippen MR) is 123 cm³/mol. The van der Waals surface area contributed by atoms with Crippen molar-refractivity contribution in [2.45, 2.75) is 44.7 Å². The van der Waals surface area contributed by atoms with Crippen LogP contribution < -0.4 is 14.8 Å². The molecule has 1 amide bonds. The van der Waals surface area contributed by atoms with Crippen LogP contribution in [0.1, 0.15) is 42.4 Å². The summed E-state index contributed by atoms with van der Waals surface area (Å²) >= 11 is 0. The summed E-state index contributed by atoms with van der Waals surface area (Å²) in [5.74, 6) is 0.389. The Balaban J connectivity index is 1.72. The summed E-state index contributed by atoms with van der Waals surface area (Å²) in [6.45, 7) is 7.26. The van der Waals surface area contributed by atoms with E-state index in [1.54, 1.807) is 51.7 Å². The van der Waals surface area contributed by atoms with Crippen LogP contribution in [-0.4, -0.2) is 36.8 Å². The second kappa shape index (κ2) is 9.13. The van der Waals surface area contributed by atoms with E-state index >= 15 is 0 Å². The van der Waals surface area contributed by atoms with E-state index in [4.69, 9.17) is 4.74 Å². The largest absolute Gasteiger partial charge is 0.497 e. The van der Waals surface area contributed by atoms with Gasteiger partial charge in [0, 0.05) is 17.3 Å². The standard InChI is InChI=1S/C23H28N4O4S/c1-16-6-11-20(32(29,30)26-23(2,3)4)14-21(16)22(28)24-15-17-12-13-27(25-17)18-7-9-19(31-5)10-8-18/h6-14,26H,15H2,1-5H3,(H,24,28). The first-order valence-electron chi connectivity index (χ1n) is 10.1. The van der Waals surface area contributed by atoms with Crippen molar-refractivity contribution in [3.05, 3.63) is 71.5 Å². The Morgan fingerprint density at radius 2 is 1.78 bits per heavy atom. The Kier molecular flexibility index (Phi) is 6.71. The summed E-state index contributed by atoms with van der Waals surface area (Å²) in [7, 11) is -2.14. The maximum Gasteiger partial charge on any atom is 0.251 e. The number of carbonyl (C=O) groups excluding carboxylic acids is 1. The molecule has 0 radical (unpaired) electrons. The second-order valence-corrected chi connectivity index (χ2v) is 10.1. The third kappa shape index (κ3) is 5.74. The molecule has 0 aliphatic carbocycles. The third-order valence-corrected chi connectivity index (χ3v) is 6.37. The zero-order valence-electron chi connectivity index (χ0n) is 18.8. The number of nitrogens with zero attached hydrogens (tertiary/aromatic N) is 2. The van der Waals surface area contributed by atoms with Crippen molar-refractivity contribution in [1.82, 2.24) is 19.8 Å². The average molecular weight is 457 g/mol. The number of benzene rings is 2. The summed E-state index contributed by atoms with van der Waals surface area (Å²) < 4.78 is 34.7. The van der Waals surface area contributed by atoms with Crippen molar-refractivity contribution in [2.24, 2.45) is 0 Å². The lowest BCUT2D eigenvalue weighted by molar-refractivity contribution is 0.0949. The molecular formula is C23H28N4O4S. The fourth-order valence-corrected chi connectivity index (χ4v) is 4.52. The van der Waals surface area contributed by atoms with E-state index in [1.165, 1.54) is 12.1 Å². The zero-order valence-corrected chi connectivity index (χ0v) is 19.7. The Bertz CT molecular complexity index is 1210. The minimum absolute atomic E-state index is 0.0481. The third-order valence-electron chi connectivity index (χ3n) is 4.62. The molecule has 2 aromatic carbocycles. The van der Waals surface area contributed by atoms with Gasteiger partial charge in [-0.15, -0.1) is 0 Å². The lowest BCUT2D eigenvalue weighted by Gasteiger charge is -2.20. The molecule has 0 saturated carbocycles. The molecule has 0 spiro atoms. The first kappa shape index (κ1) is 23.5. The van der Waals surface area contributed by atoms with Crippen LogP contribution in [0.15, 0.2) is 59.6 Å². The number of aryl methyl sites for hydroxylation is 1. The average Bonchev–Trinajstić information content (AvgIpc) is 3.19. The highest BCUT2D eigenvalue weighted by molar-refractivity contribution is 7.89. The van der Waals surface area contributed by atoms with Gasteiger partial charge in [-0.05, 0) is 75.7 Å². The summed E-state index contributed by atoms with van der Waals surface area (Å²) in [5, 5.41) is 7.29. The lowest BCUT2D eigenvalue weighted by Crippen LogP contribution is -2.40. The van der Waals surface area contributed by atoms with Crippen LogP contribution in [0.3, 0.4) is 0 Å². The molecule has 8 nitrogen and oxygen atoms in total. The minimum Gasteiger partial charge on any atom is -0.497 e. The molecule has 0 saturated heterocycles. The molecule has 0 aliphatic rings. The monoisotopic (exact) mass is 456 g/mol. The van der Waals surface area contributed by atoms with Gasteiger partial charge in [0.2, 0.25) is 10.0 Å². The molecule has 9 heteroatoms. The minimum atomic E-state index is -3.74. The van der Waals surface area contributed by atoms with Crippen molar-refractivity contribution < 1.29 is 17.9 Å². The number of methoxy groups -OCH3 is 1. The molecule has 32 heavy (non-hydrogen) atoms. The summed E-state index contributed by atoms with van der Waals surface area (Å²) in [5.41, 5.74) is 1.89. The van der Waals surface area contributed by atoms with E-state index in [1.807, 2.05) is 30.3 Å². The summed E-state index contributed by atoms with van der Waals surface area (Å²) in [4.78, 5) is 12.8. The molecule has 0 bridgehead atoms. The number of hydrogen-bond acceptors (Lipinski definition) is 5. The number of carbonyl (C=O) groups is 1. The Morgan fingerprint density at radius 3 is 2.41 bits per heavy atom. The number of aromatic nitrogens is 2. The molecule has 2 N–H and O–H groups in total. The number of ether oxygens (including phenoxy) is 1. The van der Waals surface area contributed by atoms with Gasteiger partial charge in [-0.2, -0.15) is 5.10 Å². The molecule has 0 unspecified atom stereocenters. The number of sulfonamides is 1.